The van der Waals surface area contributed by atoms with Crippen molar-refractivity contribution in [2.24, 2.45) is 0 Å². The quantitative estimate of drug-likeness (QED) is 0.803. The minimum absolute atomic E-state index is 0.345. The Morgan fingerprint density at radius 3 is 2.94 bits per heavy atom. The third kappa shape index (κ3) is 2.41. The number of fused-ring (bicyclic) bond motifs is 1. The molecule has 102 valence electrons. The summed E-state index contributed by atoms with van der Waals surface area (Å²) in [7, 11) is 0. The lowest BCUT2D eigenvalue weighted by molar-refractivity contribution is -0.127. The van der Waals surface area contributed by atoms with Crippen LogP contribution in [-0.2, 0) is 4.79 Å². The molecule has 3 unspecified atom stereocenters. The second-order valence-electron chi connectivity index (χ2n) is 6.15. The van der Waals surface area contributed by atoms with E-state index in [0.717, 1.165) is 32.0 Å². The highest BCUT2D eigenvalue weighted by atomic mass is 16.2. The molecule has 3 aliphatic heterocycles. The number of rotatable bonds is 4. The zero-order chi connectivity index (χ0) is 12.5. The highest BCUT2D eigenvalue weighted by Crippen LogP contribution is 2.28. The average molecular weight is 251 g/mol. The summed E-state index contributed by atoms with van der Waals surface area (Å²) in [6.07, 6.45) is 5.80. The van der Waals surface area contributed by atoms with Crippen molar-refractivity contribution >= 4 is 5.91 Å². The van der Waals surface area contributed by atoms with Gasteiger partial charge in [-0.15, -0.1) is 0 Å². The Bertz CT molecular complexity index is 320. The van der Waals surface area contributed by atoms with Gasteiger partial charge in [-0.25, -0.2) is 0 Å². The van der Waals surface area contributed by atoms with E-state index in [1.165, 1.54) is 32.4 Å². The zero-order valence-corrected chi connectivity index (χ0v) is 11.4. The Balaban J connectivity index is 1.48. The van der Waals surface area contributed by atoms with E-state index in [-0.39, 0.29) is 0 Å². The topological polar surface area (TPSA) is 35.6 Å². The highest BCUT2D eigenvalue weighted by molar-refractivity contribution is 5.78. The zero-order valence-electron chi connectivity index (χ0n) is 11.4. The van der Waals surface area contributed by atoms with Crippen molar-refractivity contribution in [1.29, 1.82) is 0 Å². The van der Waals surface area contributed by atoms with Crippen molar-refractivity contribution in [3.63, 3.8) is 0 Å². The molecule has 3 aliphatic rings. The van der Waals surface area contributed by atoms with Crippen LogP contribution < -0.4 is 5.32 Å². The summed E-state index contributed by atoms with van der Waals surface area (Å²) in [5, 5.41) is 3.76. The van der Waals surface area contributed by atoms with Crippen LogP contribution in [0.5, 0.6) is 0 Å². The van der Waals surface area contributed by atoms with E-state index < -0.39 is 0 Å². The SMILES string of the molecule is CC(CN1CCCC1=O)NC1CCN2CCCC12. The van der Waals surface area contributed by atoms with E-state index in [4.69, 9.17) is 0 Å². The number of carbonyl (C=O) groups is 1. The molecular weight excluding hydrogens is 226 g/mol. The summed E-state index contributed by atoms with van der Waals surface area (Å²) < 4.78 is 0. The van der Waals surface area contributed by atoms with Gasteiger partial charge in [0.2, 0.25) is 5.91 Å². The molecule has 0 aromatic rings. The van der Waals surface area contributed by atoms with Crippen LogP contribution in [0.25, 0.3) is 0 Å². The summed E-state index contributed by atoms with van der Waals surface area (Å²) >= 11 is 0. The minimum Gasteiger partial charge on any atom is -0.341 e. The van der Waals surface area contributed by atoms with Crippen molar-refractivity contribution in [1.82, 2.24) is 15.1 Å². The van der Waals surface area contributed by atoms with Gasteiger partial charge in [0.25, 0.3) is 0 Å². The number of amides is 1. The molecule has 1 N–H and O–H groups in total. The predicted octanol–water partition coefficient (Wildman–Crippen LogP) is 0.824. The summed E-state index contributed by atoms with van der Waals surface area (Å²) in [5.74, 6) is 0.345. The summed E-state index contributed by atoms with van der Waals surface area (Å²) in [5.41, 5.74) is 0. The van der Waals surface area contributed by atoms with Gasteiger partial charge in [0.1, 0.15) is 0 Å². The molecule has 0 bridgehead atoms. The lowest BCUT2D eigenvalue weighted by Crippen LogP contribution is -2.48. The first-order valence-electron chi connectivity index (χ1n) is 7.52. The lowest BCUT2D eigenvalue weighted by Gasteiger charge is -2.27. The van der Waals surface area contributed by atoms with E-state index in [2.05, 4.69) is 17.1 Å². The monoisotopic (exact) mass is 251 g/mol. The van der Waals surface area contributed by atoms with Crippen LogP contribution in [0.3, 0.4) is 0 Å². The fourth-order valence-corrected chi connectivity index (χ4v) is 3.92. The first-order chi connectivity index (χ1) is 8.74. The van der Waals surface area contributed by atoms with E-state index in [1.807, 2.05) is 4.90 Å². The molecule has 3 atom stereocenters. The molecule has 0 aliphatic carbocycles. The first kappa shape index (κ1) is 12.4. The molecular formula is C14H25N3O. The fraction of sp³-hybridized carbons (Fsp3) is 0.929. The molecule has 3 rings (SSSR count). The Hall–Kier alpha value is -0.610. The average Bonchev–Trinajstić information content (AvgIpc) is 3.00. The predicted molar refractivity (Wildman–Crippen MR) is 71.4 cm³/mol. The highest BCUT2D eigenvalue weighted by Gasteiger charge is 2.37. The largest absolute Gasteiger partial charge is 0.341 e. The van der Waals surface area contributed by atoms with Crippen LogP contribution in [0, 0.1) is 0 Å². The van der Waals surface area contributed by atoms with Crippen LogP contribution in [0.1, 0.15) is 39.0 Å². The van der Waals surface area contributed by atoms with Crippen molar-refractivity contribution < 1.29 is 4.79 Å². The summed E-state index contributed by atoms with van der Waals surface area (Å²) in [4.78, 5) is 16.3. The third-order valence-electron chi connectivity index (χ3n) is 4.77. The van der Waals surface area contributed by atoms with Crippen molar-refractivity contribution in [2.75, 3.05) is 26.2 Å². The van der Waals surface area contributed by atoms with Gasteiger partial charge in [-0.3, -0.25) is 9.69 Å². The van der Waals surface area contributed by atoms with E-state index in [0.29, 0.717) is 18.0 Å². The molecule has 3 saturated heterocycles. The van der Waals surface area contributed by atoms with E-state index >= 15 is 0 Å². The molecule has 1 amide bonds. The molecule has 3 heterocycles. The normalized spacial score (nSPS) is 34.3. The number of nitrogens with one attached hydrogen (secondary N) is 1. The maximum Gasteiger partial charge on any atom is 0.222 e. The van der Waals surface area contributed by atoms with Gasteiger partial charge in [-0.1, -0.05) is 0 Å². The second-order valence-corrected chi connectivity index (χ2v) is 6.15. The van der Waals surface area contributed by atoms with Gasteiger partial charge in [0, 0.05) is 44.2 Å². The van der Waals surface area contributed by atoms with Gasteiger partial charge in [-0.05, 0) is 39.2 Å². The summed E-state index contributed by atoms with van der Waals surface area (Å²) in [6, 6.07) is 1.85. The third-order valence-corrected chi connectivity index (χ3v) is 4.77. The number of likely N-dealkylation sites (tertiary alicyclic amines) is 1. The van der Waals surface area contributed by atoms with Crippen LogP contribution in [0.4, 0.5) is 0 Å². The van der Waals surface area contributed by atoms with Gasteiger partial charge >= 0.3 is 0 Å². The maximum atomic E-state index is 11.6. The maximum absolute atomic E-state index is 11.6. The van der Waals surface area contributed by atoms with Gasteiger partial charge in [0.15, 0.2) is 0 Å². The molecule has 0 saturated carbocycles. The lowest BCUT2D eigenvalue weighted by atomic mass is 10.1. The molecule has 0 aromatic carbocycles. The van der Waals surface area contributed by atoms with Gasteiger partial charge in [-0.2, -0.15) is 0 Å². The Kier molecular flexibility index (Phi) is 3.57. The van der Waals surface area contributed by atoms with Gasteiger partial charge in [0.05, 0.1) is 0 Å². The standard InChI is InChI=1S/C14H25N3O/c1-11(10-17-8-3-5-14(17)18)15-12-6-9-16-7-2-4-13(12)16/h11-13,15H,2-10H2,1H3. The van der Waals surface area contributed by atoms with Crippen molar-refractivity contribution in [3.8, 4) is 0 Å². The number of hydrogen-bond acceptors (Lipinski definition) is 3. The Morgan fingerprint density at radius 1 is 1.28 bits per heavy atom. The fourth-order valence-electron chi connectivity index (χ4n) is 3.92. The van der Waals surface area contributed by atoms with Gasteiger partial charge < -0.3 is 10.2 Å². The smallest absolute Gasteiger partial charge is 0.222 e. The first-order valence-corrected chi connectivity index (χ1v) is 7.52. The van der Waals surface area contributed by atoms with E-state index in [9.17, 15) is 4.79 Å². The van der Waals surface area contributed by atoms with Crippen molar-refractivity contribution in [2.45, 2.75) is 57.2 Å². The van der Waals surface area contributed by atoms with Crippen LogP contribution in [0.15, 0.2) is 0 Å². The van der Waals surface area contributed by atoms with Crippen LogP contribution in [0.2, 0.25) is 0 Å². The minimum atomic E-state index is 0.345. The molecule has 0 radical (unpaired) electrons. The Labute approximate surface area is 110 Å². The van der Waals surface area contributed by atoms with E-state index in [1.54, 1.807) is 0 Å². The molecule has 0 spiro atoms. The molecule has 18 heavy (non-hydrogen) atoms. The molecule has 4 nitrogen and oxygen atoms in total. The number of hydrogen-bond donors (Lipinski definition) is 1. The van der Waals surface area contributed by atoms with Crippen molar-refractivity contribution in [3.05, 3.63) is 0 Å². The Morgan fingerprint density at radius 2 is 2.17 bits per heavy atom. The second kappa shape index (κ2) is 5.17. The number of nitrogens with zero attached hydrogens (tertiary/aromatic N) is 2. The molecule has 0 aromatic heterocycles. The van der Waals surface area contributed by atoms with Crippen LogP contribution in [-0.4, -0.2) is 60.0 Å². The molecule has 3 fully saturated rings. The number of carbonyl (C=O) groups excluding carboxylic acids is 1. The molecule has 4 heteroatoms. The van der Waals surface area contributed by atoms with Crippen LogP contribution >= 0.6 is 0 Å². The summed E-state index contributed by atoms with van der Waals surface area (Å²) in [6.45, 7) is 6.63.